The zero-order valence-corrected chi connectivity index (χ0v) is 48.4. The third-order valence-electron chi connectivity index (χ3n) is 15.1. The van der Waals surface area contributed by atoms with Crippen LogP contribution in [0.5, 0.6) is 0 Å². The van der Waals surface area contributed by atoms with E-state index in [0.717, 1.165) is 33.4 Å². The van der Waals surface area contributed by atoms with Gasteiger partial charge in [0.1, 0.15) is 48.8 Å². The van der Waals surface area contributed by atoms with Gasteiger partial charge < -0.3 is 62.0 Å². The molecule has 2 saturated heterocycles. The Morgan fingerprint density at radius 1 is 0.362 bits per heavy atom. The van der Waals surface area contributed by atoms with Gasteiger partial charge in [-0.05, 0) is 50.0 Å². The minimum Gasteiger partial charge on any atom is -0.408 e. The molecule has 6 aromatic carbocycles. The van der Waals surface area contributed by atoms with Crippen LogP contribution in [0.4, 0.5) is 0 Å². The van der Waals surface area contributed by atoms with Crippen molar-refractivity contribution in [3.63, 3.8) is 0 Å². The van der Waals surface area contributed by atoms with Gasteiger partial charge in [0.15, 0.2) is 12.6 Å². The number of aliphatic hydroxyl groups is 2. The van der Waals surface area contributed by atoms with E-state index in [0.29, 0.717) is 13.2 Å². The molecule has 2 N–H and O–H groups in total. The van der Waals surface area contributed by atoms with Gasteiger partial charge in [0.25, 0.3) is 0 Å². The molecule has 0 radical (unpaired) electrons. The summed E-state index contributed by atoms with van der Waals surface area (Å²) in [5.74, 6) is 0. The molecular weight excluding hydrogens is 1030 g/mol. The molecule has 2 fully saturated rings. The van der Waals surface area contributed by atoms with E-state index in [2.05, 4.69) is 41.5 Å². The third kappa shape index (κ3) is 17.3. The van der Waals surface area contributed by atoms with Crippen molar-refractivity contribution in [3.05, 3.63) is 215 Å². The van der Waals surface area contributed by atoms with Gasteiger partial charge in [0, 0.05) is 0 Å². The molecule has 6 aromatic rings. The van der Waals surface area contributed by atoms with Gasteiger partial charge in [-0.2, -0.15) is 0 Å². The van der Waals surface area contributed by atoms with E-state index in [1.54, 1.807) is 0 Å². The molecule has 0 saturated carbocycles. The maximum Gasteiger partial charge on any atom is 0.201 e. The van der Waals surface area contributed by atoms with Crippen LogP contribution in [0.3, 0.4) is 0 Å². The number of rotatable bonds is 31. The molecule has 430 valence electrons. The molecular formula is C66H84O13Si. The van der Waals surface area contributed by atoms with Gasteiger partial charge >= 0.3 is 0 Å². The zero-order chi connectivity index (χ0) is 56.1. The van der Waals surface area contributed by atoms with Gasteiger partial charge in [-0.15, -0.1) is 0 Å². The number of hydrogen-bond acceptors (Lipinski definition) is 13. The first-order chi connectivity index (χ1) is 39.0. The Labute approximate surface area is 475 Å². The number of hydrogen-bond donors (Lipinski definition) is 2. The molecule has 0 amide bonds. The SMILES string of the molecule is CC(C)[Si](OC(CO[C@H]1OC(COCc2ccccc2)[C@@H](OCc2ccccc2)[C@@H](OCc2ccccc2)C1O)CO[C@H]1OC(COCc2ccccc2)[C@@H](OCc2ccccc2)C(OCc2ccccc2)[C@H]1O)(C(C)C)C(C)C. The Morgan fingerprint density at radius 3 is 0.900 bits per heavy atom. The molecule has 0 bridgehead atoms. The highest BCUT2D eigenvalue weighted by Crippen LogP contribution is 2.43. The highest BCUT2D eigenvalue weighted by Gasteiger charge is 2.51. The van der Waals surface area contributed by atoms with E-state index in [1.165, 1.54) is 0 Å². The van der Waals surface area contributed by atoms with E-state index in [-0.39, 0.29) is 69.5 Å². The zero-order valence-electron chi connectivity index (χ0n) is 47.4. The Kier molecular flexibility index (Phi) is 24.0. The largest absolute Gasteiger partial charge is 0.408 e. The second-order valence-corrected chi connectivity index (χ2v) is 27.2. The summed E-state index contributed by atoms with van der Waals surface area (Å²) in [5, 5.41) is 25.0. The van der Waals surface area contributed by atoms with Crippen LogP contribution >= 0.6 is 0 Å². The van der Waals surface area contributed by atoms with E-state index in [1.807, 2.05) is 182 Å². The summed E-state index contributed by atoms with van der Waals surface area (Å²) in [6.45, 7) is 15.1. The maximum absolute atomic E-state index is 12.5. The van der Waals surface area contributed by atoms with Gasteiger partial charge in [-0.25, -0.2) is 0 Å². The fourth-order valence-corrected chi connectivity index (χ4v) is 16.7. The second kappa shape index (κ2) is 31.4. The average molecular weight is 1110 g/mol. The Morgan fingerprint density at radius 2 is 0.625 bits per heavy atom. The molecule has 13 nitrogen and oxygen atoms in total. The maximum atomic E-state index is 12.5. The molecule has 2 aliphatic rings. The predicted molar refractivity (Wildman–Crippen MR) is 309 cm³/mol. The molecule has 0 aromatic heterocycles. The third-order valence-corrected chi connectivity index (χ3v) is 21.3. The van der Waals surface area contributed by atoms with Crippen molar-refractivity contribution < 1.29 is 62.0 Å². The lowest BCUT2D eigenvalue weighted by atomic mass is 9.98. The molecule has 80 heavy (non-hydrogen) atoms. The molecule has 11 atom stereocenters. The van der Waals surface area contributed by atoms with Crippen molar-refractivity contribution in [3.8, 4) is 0 Å². The summed E-state index contributed by atoms with van der Waals surface area (Å²) in [6.07, 6.45) is -10.5. The predicted octanol–water partition coefficient (Wildman–Crippen LogP) is 11.5. The number of ether oxygens (including phenoxy) is 10. The van der Waals surface area contributed by atoms with Crippen LogP contribution in [0.25, 0.3) is 0 Å². The van der Waals surface area contributed by atoms with E-state index in [4.69, 9.17) is 51.8 Å². The summed E-state index contributed by atoms with van der Waals surface area (Å²) in [5.41, 5.74) is 6.40. The minimum absolute atomic E-state index is 0.0512. The number of aliphatic hydroxyl groups excluding tert-OH is 2. The van der Waals surface area contributed by atoms with Crippen LogP contribution in [0.2, 0.25) is 16.6 Å². The van der Waals surface area contributed by atoms with Crippen LogP contribution < -0.4 is 0 Å². The minimum atomic E-state index is -2.66. The second-order valence-electron chi connectivity index (χ2n) is 21.8. The van der Waals surface area contributed by atoms with Crippen molar-refractivity contribution in [2.45, 2.75) is 165 Å². The van der Waals surface area contributed by atoms with Crippen LogP contribution in [-0.4, -0.2) is 112 Å². The lowest BCUT2D eigenvalue weighted by molar-refractivity contribution is -0.329. The number of benzene rings is 6. The lowest BCUT2D eigenvalue weighted by Crippen LogP contribution is -2.62. The van der Waals surface area contributed by atoms with Crippen molar-refractivity contribution in [2.75, 3.05) is 26.4 Å². The Bertz CT molecular complexity index is 2420. The molecule has 8 rings (SSSR count). The smallest absolute Gasteiger partial charge is 0.201 e. The Hall–Kier alpha value is -4.98. The highest BCUT2D eigenvalue weighted by molar-refractivity contribution is 6.77. The molecule has 0 aliphatic carbocycles. The summed E-state index contributed by atoms with van der Waals surface area (Å²) < 4.78 is 74.2. The first-order valence-electron chi connectivity index (χ1n) is 28.4. The van der Waals surface area contributed by atoms with E-state index >= 15 is 0 Å². The van der Waals surface area contributed by atoms with E-state index in [9.17, 15) is 10.2 Å². The van der Waals surface area contributed by atoms with Crippen molar-refractivity contribution >= 4 is 8.32 Å². The first-order valence-corrected chi connectivity index (χ1v) is 30.6. The summed E-state index contributed by atoms with van der Waals surface area (Å²) in [6, 6.07) is 59.4. The van der Waals surface area contributed by atoms with Gasteiger partial charge in [0.05, 0.1) is 72.2 Å². The quantitative estimate of drug-likeness (QED) is 0.0399. The van der Waals surface area contributed by atoms with Gasteiger partial charge in [0.2, 0.25) is 8.32 Å². The first kappa shape index (κ1) is 61.1. The van der Waals surface area contributed by atoms with Crippen LogP contribution in [0.1, 0.15) is 74.9 Å². The summed E-state index contributed by atoms with van der Waals surface area (Å²) in [7, 11) is -2.66. The summed E-state index contributed by atoms with van der Waals surface area (Å²) >= 11 is 0. The molecule has 2 heterocycles. The van der Waals surface area contributed by atoms with Crippen molar-refractivity contribution in [1.29, 1.82) is 0 Å². The lowest BCUT2D eigenvalue weighted by Gasteiger charge is -2.47. The van der Waals surface area contributed by atoms with Crippen LogP contribution in [0, 0.1) is 0 Å². The molecule has 14 heteroatoms. The fourth-order valence-electron chi connectivity index (χ4n) is 11.1. The topological polar surface area (TPSA) is 142 Å². The standard InChI is InChI=1S/C66H84O13Si/c1-47(2)80(48(3)4,49(5)6)79-56(43-75-65-59(67)63(73-41-54-33-21-11-22-34-54)61(71-39-52-29-17-9-18-30-52)57(77-65)45-69-37-50-25-13-7-14-26-50)44-76-66-60(68)64(74-42-55-35-23-12-24-36-55)62(72-40-53-31-19-10-20-32-53)58(78-66)46-70-38-51-27-15-8-16-28-51/h7-36,47-49,56-68H,37-46H2,1-6H3/t56?,57?,58?,59-,60?,61-,62-,63?,64+,65+,66+/m1/s1. The van der Waals surface area contributed by atoms with Gasteiger partial charge in [-0.3, -0.25) is 0 Å². The monoisotopic (exact) mass is 1110 g/mol. The van der Waals surface area contributed by atoms with E-state index < -0.39 is 75.8 Å². The average Bonchev–Trinajstić information content (AvgIpc) is 3.48. The molecule has 2 aliphatic heterocycles. The normalized spacial score (nSPS) is 23.9. The van der Waals surface area contributed by atoms with Crippen LogP contribution in [0.15, 0.2) is 182 Å². The van der Waals surface area contributed by atoms with Crippen molar-refractivity contribution in [1.82, 2.24) is 0 Å². The highest BCUT2D eigenvalue weighted by atomic mass is 28.4. The van der Waals surface area contributed by atoms with Gasteiger partial charge in [-0.1, -0.05) is 224 Å². The fraction of sp³-hybridized carbons (Fsp3) is 0.455. The van der Waals surface area contributed by atoms with Crippen LogP contribution in [-0.2, 0) is 91.4 Å². The molecule has 0 spiro atoms. The summed E-state index contributed by atoms with van der Waals surface area (Å²) in [4.78, 5) is 0. The Balaban J connectivity index is 1.07. The van der Waals surface area contributed by atoms with Crippen molar-refractivity contribution in [2.24, 2.45) is 0 Å². The molecule has 5 unspecified atom stereocenters.